The van der Waals surface area contributed by atoms with Crippen molar-refractivity contribution in [3.05, 3.63) is 94.9 Å². The van der Waals surface area contributed by atoms with Crippen molar-refractivity contribution in [3.8, 4) is 23.0 Å². The summed E-state index contributed by atoms with van der Waals surface area (Å²) in [6, 6.07) is 11.7. The number of ether oxygens (including phenoxy) is 1. The summed E-state index contributed by atoms with van der Waals surface area (Å²) in [4.78, 5) is 30.5. The van der Waals surface area contributed by atoms with E-state index in [9.17, 15) is 18.0 Å². The fourth-order valence-corrected chi connectivity index (χ4v) is 5.04. The number of nitrogens with zero attached hydrogens (tertiary/aromatic N) is 5. The van der Waals surface area contributed by atoms with Crippen LogP contribution in [-0.4, -0.2) is 70.9 Å². The summed E-state index contributed by atoms with van der Waals surface area (Å²) in [5.74, 6) is 0.0321. The highest BCUT2D eigenvalue weighted by Gasteiger charge is 2.34. The molecule has 1 saturated heterocycles. The Morgan fingerprint density at radius 2 is 1.89 bits per heavy atom. The van der Waals surface area contributed by atoms with Crippen molar-refractivity contribution in [1.82, 2.24) is 24.8 Å². The van der Waals surface area contributed by atoms with Crippen LogP contribution in [0.15, 0.2) is 67.5 Å². The van der Waals surface area contributed by atoms with Crippen LogP contribution in [0.1, 0.15) is 27.2 Å². The van der Waals surface area contributed by atoms with E-state index in [0.29, 0.717) is 35.9 Å². The van der Waals surface area contributed by atoms with Gasteiger partial charge in [-0.2, -0.15) is 18.2 Å². The highest BCUT2D eigenvalue weighted by atomic mass is 35.5. The maximum absolute atomic E-state index is 14.1. The zero-order valence-electron chi connectivity index (χ0n) is 24.7. The molecular formula is C32H31ClF3N7O2. The molecule has 1 fully saturated rings. The number of hydrogen-bond donors (Lipinski definition) is 2. The number of alkyl halides is 3. The van der Waals surface area contributed by atoms with E-state index in [0.717, 1.165) is 19.2 Å². The Balaban J connectivity index is 1.39. The van der Waals surface area contributed by atoms with Gasteiger partial charge in [0.2, 0.25) is 5.88 Å². The van der Waals surface area contributed by atoms with Crippen LogP contribution in [0.5, 0.6) is 11.6 Å². The Morgan fingerprint density at radius 3 is 2.56 bits per heavy atom. The van der Waals surface area contributed by atoms with Gasteiger partial charge in [-0.3, -0.25) is 14.7 Å². The molecule has 5 rings (SSSR count). The molecule has 2 aromatic carbocycles. The summed E-state index contributed by atoms with van der Waals surface area (Å²) in [5, 5.41) is 5.80. The fraction of sp³-hybridized carbons (Fsp3) is 0.250. The summed E-state index contributed by atoms with van der Waals surface area (Å²) in [6.07, 6.45) is 0.169. The topological polar surface area (TPSA) is 95.5 Å². The maximum atomic E-state index is 14.1. The van der Waals surface area contributed by atoms with E-state index < -0.39 is 17.6 Å². The molecule has 0 radical (unpaired) electrons. The van der Waals surface area contributed by atoms with Gasteiger partial charge in [0.15, 0.2) is 5.82 Å². The molecule has 0 spiro atoms. The van der Waals surface area contributed by atoms with Gasteiger partial charge < -0.3 is 20.3 Å². The molecule has 234 valence electrons. The van der Waals surface area contributed by atoms with Gasteiger partial charge in [0.1, 0.15) is 11.4 Å². The monoisotopic (exact) mass is 637 g/mol. The molecule has 0 aliphatic carbocycles. The summed E-state index contributed by atoms with van der Waals surface area (Å²) in [5.41, 5.74) is 0.872. The third-order valence-electron chi connectivity index (χ3n) is 7.33. The van der Waals surface area contributed by atoms with Gasteiger partial charge in [-0.25, -0.2) is 4.98 Å². The molecule has 4 aromatic rings. The van der Waals surface area contributed by atoms with Gasteiger partial charge in [-0.1, -0.05) is 24.2 Å². The summed E-state index contributed by atoms with van der Waals surface area (Å²) in [7, 11) is 3.66. The third kappa shape index (κ3) is 7.59. The van der Waals surface area contributed by atoms with Crippen LogP contribution in [0, 0.1) is 0 Å². The molecule has 1 aliphatic heterocycles. The quantitative estimate of drug-likeness (QED) is 0.210. The Labute approximate surface area is 263 Å². The molecule has 0 atom stereocenters. The molecular weight excluding hydrogens is 607 g/mol. The van der Waals surface area contributed by atoms with Crippen molar-refractivity contribution in [1.29, 1.82) is 0 Å². The number of carbonyl (C=O) groups is 1. The van der Waals surface area contributed by atoms with E-state index in [4.69, 9.17) is 16.3 Å². The maximum Gasteiger partial charge on any atom is 0.416 e. The lowest BCUT2D eigenvalue weighted by Gasteiger charge is -2.33. The lowest BCUT2D eigenvalue weighted by molar-refractivity contribution is -0.138. The molecule has 0 bridgehead atoms. The molecule has 45 heavy (non-hydrogen) atoms. The lowest BCUT2D eigenvalue weighted by atomic mass is 10.0. The Hall–Kier alpha value is -4.52. The van der Waals surface area contributed by atoms with Crippen LogP contribution < -0.4 is 15.4 Å². The second-order valence-electron chi connectivity index (χ2n) is 10.5. The lowest BCUT2D eigenvalue weighted by Crippen LogP contribution is -2.44. The second kappa shape index (κ2) is 13.6. The van der Waals surface area contributed by atoms with E-state index in [1.54, 1.807) is 43.7 Å². The molecule has 9 nitrogen and oxygen atoms in total. The van der Waals surface area contributed by atoms with Gasteiger partial charge in [-0.05, 0) is 55.1 Å². The van der Waals surface area contributed by atoms with Crippen LogP contribution in [-0.2, 0) is 12.7 Å². The fourth-order valence-electron chi connectivity index (χ4n) is 4.87. The van der Waals surface area contributed by atoms with Crippen LogP contribution in [0.4, 0.5) is 24.5 Å². The molecule has 1 aliphatic rings. The van der Waals surface area contributed by atoms with Gasteiger partial charge in [0.25, 0.3) is 5.91 Å². The minimum Gasteiger partial charge on any atom is -0.437 e. The molecule has 2 N–H and O–H groups in total. The number of hydrogen-bond acceptors (Lipinski definition) is 8. The zero-order chi connectivity index (χ0) is 32.1. The average Bonchev–Trinajstić information content (AvgIpc) is 3.03. The van der Waals surface area contributed by atoms with Crippen LogP contribution in [0.3, 0.4) is 0 Å². The highest BCUT2D eigenvalue weighted by Crippen LogP contribution is 2.36. The number of piperazine rings is 1. The standard InChI is InChI=1S/C32H31ClF3N7O2/c1-4-26-28(37-2)31(41-29(39-26)21-6-5-11-38-18-21)45-23-9-10-25(33)27(17-23)40-30(44)20-7-8-22(24(16-20)32(34,35)36)19-43-14-12-42(3)13-15-43/h4-11,16-18,37H,1,12-15,19H2,2-3H3,(H,40,44). The SMILES string of the molecule is C=Cc1nc(-c2cccnc2)nc(Oc2ccc(Cl)c(NC(=O)c3ccc(CN4CCN(C)CC4)c(C(F)(F)F)c3)c2)c1NC. The van der Waals surface area contributed by atoms with Gasteiger partial charge in [0.05, 0.1) is 22.0 Å². The Morgan fingerprint density at radius 1 is 1.11 bits per heavy atom. The number of aromatic nitrogens is 3. The minimum atomic E-state index is -4.63. The largest absolute Gasteiger partial charge is 0.437 e. The number of benzene rings is 2. The summed E-state index contributed by atoms with van der Waals surface area (Å²) >= 11 is 6.37. The number of anilines is 2. The van der Waals surface area contributed by atoms with E-state index in [-0.39, 0.29) is 40.0 Å². The number of nitrogens with one attached hydrogen (secondary N) is 2. The van der Waals surface area contributed by atoms with Crippen LogP contribution in [0.2, 0.25) is 5.02 Å². The summed E-state index contributed by atoms with van der Waals surface area (Å²) in [6.45, 7) is 6.85. The number of amides is 1. The number of halogens is 4. The molecule has 0 unspecified atom stereocenters. The number of likely N-dealkylation sites (N-methyl/N-ethyl adjacent to an activating group) is 1. The predicted molar refractivity (Wildman–Crippen MR) is 169 cm³/mol. The third-order valence-corrected chi connectivity index (χ3v) is 7.66. The number of carbonyl (C=O) groups excluding carboxylic acids is 1. The first-order chi connectivity index (χ1) is 21.5. The normalized spacial score (nSPS) is 14.2. The van der Waals surface area contributed by atoms with Crippen LogP contribution >= 0.6 is 11.6 Å². The summed E-state index contributed by atoms with van der Waals surface area (Å²) < 4.78 is 48.4. The molecule has 13 heteroatoms. The second-order valence-corrected chi connectivity index (χ2v) is 10.9. The van der Waals surface area contributed by atoms with Crippen molar-refractivity contribution in [2.75, 3.05) is 50.9 Å². The van der Waals surface area contributed by atoms with Gasteiger partial charge in [-0.15, -0.1) is 0 Å². The highest BCUT2D eigenvalue weighted by molar-refractivity contribution is 6.34. The Kier molecular flexibility index (Phi) is 9.66. The minimum absolute atomic E-state index is 0.117. The first kappa shape index (κ1) is 31.9. The van der Waals surface area contributed by atoms with Crippen LogP contribution in [0.25, 0.3) is 17.5 Å². The van der Waals surface area contributed by atoms with E-state index in [2.05, 4.69) is 37.1 Å². The van der Waals surface area contributed by atoms with Crippen molar-refractivity contribution < 1.29 is 22.7 Å². The van der Waals surface area contributed by atoms with Gasteiger partial charge >= 0.3 is 6.18 Å². The zero-order valence-corrected chi connectivity index (χ0v) is 25.4. The molecule has 0 saturated carbocycles. The van der Waals surface area contributed by atoms with Gasteiger partial charge in [0, 0.05) is 69.4 Å². The smallest absolute Gasteiger partial charge is 0.416 e. The Bertz CT molecular complexity index is 1690. The number of pyridine rings is 1. The number of rotatable bonds is 9. The molecule has 2 aromatic heterocycles. The van der Waals surface area contributed by atoms with Crippen molar-refractivity contribution >= 4 is 35.0 Å². The average molecular weight is 638 g/mol. The van der Waals surface area contributed by atoms with Crippen molar-refractivity contribution in [3.63, 3.8) is 0 Å². The van der Waals surface area contributed by atoms with Crippen molar-refractivity contribution in [2.45, 2.75) is 12.7 Å². The first-order valence-corrected chi connectivity index (χ1v) is 14.5. The van der Waals surface area contributed by atoms with E-state index in [1.807, 2.05) is 11.9 Å². The predicted octanol–water partition coefficient (Wildman–Crippen LogP) is 6.69. The van der Waals surface area contributed by atoms with E-state index in [1.165, 1.54) is 24.3 Å². The molecule has 1 amide bonds. The van der Waals surface area contributed by atoms with E-state index >= 15 is 0 Å². The first-order valence-electron chi connectivity index (χ1n) is 14.1. The molecule has 3 heterocycles. The van der Waals surface area contributed by atoms with Crippen molar-refractivity contribution in [2.24, 2.45) is 0 Å².